The van der Waals surface area contributed by atoms with Gasteiger partial charge in [-0.25, -0.2) is 4.98 Å². The quantitative estimate of drug-likeness (QED) is 0.596. The number of aromatic nitrogens is 1. The van der Waals surface area contributed by atoms with Crippen LogP contribution in [0.5, 0.6) is 0 Å². The standard InChI is InChI=1S/C13H8NS/c1-2-4-10(5-3-1)11-6-7-13-12(8-11)14-9-15-13/h1-8H. The first-order chi connectivity index (χ1) is 7.43. The molecule has 15 heavy (non-hydrogen) atoms. The zero-order chi connectivity index (χ0) is 10.1. The lowest BCUT2D eigenvalue weighted by atomic mass is 10.1. The molecule has 0 saturated carbocycles. The van der Waals surface area contributed by atoms with Crippen molar-refractivity contribution in [3.05, 3.63) is 54.0 Å². The van der Waals surface area contributed by atoms with Crippen molar-refractivity contribution >= 4 is 21.6 Å². The van der Waals surface area contributed by atoms with Gasteiger partial charge in [-0.05, 0) is 23.3 Å². The number of hydrogen-bond donors (Lipinski definition) is 0. The number of fused-ring (bicyclic) bond motifs is 1. The van der Waals surface area contributed by atoms with Crippen LogP contribution < -0.4 is 0 Å². The van der Waals surface area contributed by atoms with Crippen LogP contribution >= 0.6 is 11.3 Å². The predicted molar refractivity (Wildman–Crippen MR) is 63.9 cm³/mol. The first-order valence-electron chi connectivity index (χ1n) is 4.75. The summed E-state index contributed by atoms with van der Waals surface area (Å²) in [6, 6.07) is 16.7. The Bertz CT molecular complexity index is 584. The van der Waals surface area contributed by atoms with Crippen LogP contribution in [0.25, 0.3) is 21.3 Å². The van der Waals surface area contributed by atoms with Gasteiger partial charge >= 0.3 is 0 Å². The third-order valence-corrected chi connectivity index (χ3v) is 3.14. The summed E-state index contributed by atoms with van der Waals surface area (Å²) in [5.74, 6) is 0. The molecule has 0 fully saturated rings. The molecule has 1 heterocycles. The van der Waals surface area contributed by atoms with Crippen molar-refractivity contribution in [1.29, 1.82) is 0 Å². The minimum atomic E-state index is 1.03. The van der Waals surface area contributed by atoms with Gasteiger partial charge in [0.15, 0.2) is 5.51 Å². The maximum Gasteiger partial charge on any atom is 0.153 e. The van der Waals surface area contributed by atoms with E-state index in [9.17, 15) is 0 Å². The summed E-state index contributed by atoms with van der Waals surface area (Å²) >= 11 is 1.56. The zero-order valence-electron chi connectivity index (χ0n) is 7.97. The van der Waals surface area contributed by atoms with Crippen LogP contribution in [0.2, 0.25) is 0 Å². The van der Waals surface area contributed by atoms with Crippen LogP contribution in [-0.4, -0.2) is 4.98 Å². The third-order valence-electron chi connectivity index (χ3n) is 2.39. The smallest absolute Gasteiger partial charge is 0.153 e. The average Bonchev–Trinajstić information content (AvgIpc) is 2.77. The molecule has 1 aromatic heterocycles. The Morgan fingerprint density at radius 2 is 1.80 bits per heavy atom. The van der Waals surface area contributed by atoms with Crippen molar-refractivity contribution in [3.8, 4) is 11.1 Å². The fourth-order valence-corrected chi connectivity index (χ4v) is 2.21. The number of nitrogens with zero attached hydrogens (tertiary/aromatic N) is 1. The van der Waals surface area contributed by atoms with Crippen LogP contribution in [0.15, 0.2) is 48.5 Å². The van der Waals surface area contributed by atoms with Gasteiger partial charge in [0.1, 0.15) is 0 Å². The van der Waals surface area contributed by atoms with Gasteiger partial charge in [-0.15, -0.1) is 11.3 Å². The maximum absolute atomic E-state index is 4.20. The van der Waals surface area contributed by atoms with Crippen molar-refractivity contribution in [2.24, 2.45) is 0 Å². The van der Waals surface area contributed by atoms with E-state index in [1.54, 1.807) is 11.3 Å². The Balaban J connectivity index is 2.19. The monoisotopic (exact) mass is 210 g/mol. The van der Waals surface area contributed by atoms with Gasteiger partial charge in [0, 0.05) is 0 Å². The van der Waals surface area contributed by atoms with Crippen molar-refractivity contribution in [1.82, 2.24) is 4.98 Å². The van der Waals surface area contributed by atoms with Gasteiger partial charge in [-0.1, -0.05) is 36.4 Å². The van der Waals surface area contributed by atoms with E-state index < -0.39 is 0 Å². The van der Waals surface area contributed by atoms with Crippen molar-refractivity contribution in [2.75, 3.05) is 0 Å². The molecule has 0 spiro atoms. The van der Waals surface area contributed by atoms with E-state index in [-0.39, 0.29) is 0 Å². The molecule has 2 aromatic carbocycles. The SMILES string of the molecule is [c]1nc2cc(-c3ccccc3)ccc2s1. The lowest BCUT2D eigenvalue weighted by molar-refractivity contribution is 1.48. The highest BCUT2D eigenvalue weighted by atomic mass is 32.1. The Morgan fingerprint density at radius 1 is 0.933 bits per heavy atom. The van der Waals surface area contributed by atoms with E-state index >= 15 is 0 Å². The third kappa shape index (κ3) is 1.53. The van der Waals surface area contributed by atoms with Crippen LogP contribution in [0, 0.1) is 5.51 Å². The molecule has 1 nitrogen and oxygen atoms in total. The number of benzene rings is 2. The van der Waals surface area contributed by atoms with Gasteiger partial charge in [0.25, 0.3) is 0 Å². The summed E-state index contributed by atoms with van der Waals surface area (Å²) in [4.78, 5) is 4.20. The molecule has 2 heteroatoms. The summed E-state index contributed by atoms with van der Waals surface area (Å²) in [6.45, 7) is 0. The largest absolute Gasteiger partial charge is 0.233 e. The van der Waals surface area contributed by atoms with Gasteiger partial charge in [0.05, 0.1) is 10.2 Å². The average molecular weight is 210 g/mol. The molecule has 71 valence electrons. The predicted octanol–water partition coefficient (Wildman–Crippen LogP) is 3.76. The first kappa shape index (κ1) is 8.62. The molecule has 0 amide bonds. The highest BCUT2D eigenvalue weighted by Crippen LogP contribution is 2.25. The molecule has 0 atom stereocenters. The van der Waals surface area contributed by atoms with Crippen LogP contribution in [0.1, 0.15) is 0 Å². The van der Waals surface area contributed by atoms with Crippen molar-refractivity contribution in [3.63, 3.8) is 0 Å². The van der Waals surface area contributed by atoms with Crippen LogP contribution in [-0.2, 0) is 0 Å². The van der Waals surface area contributed by atoms with Gasteiger partial charge in [-0.2, -0.15) is 0 Å². The van der Waals surface area contributed by atoms with E-state index in [2.05, 4.69) is 40.8 Å². The summed E-state index contributed by atoms with van der Waals surface area (Å²) in [5.41, 5.74) is 6.38. The molecule has 0 aliphatic rings. The molecule has 0 bridgehead atoms. The molecule has 0 saturated heterocycles. The molecule has 1 radical (unpaired) electrons. The summed E-state index contributed by atoms with van der Waals surface area (Å²) < 4.78 is 1.19. The highest BCUT2D eigenvalue weighted by Gasteiger charge is 2.00. The van der Waals surface area contributed by atoms with Gasteiger partial charge < -0.3 is 0 Å². The van der Waals surface area contributed by atoms with E-state index in [1.807, 2.05) is 18.2 Å². The van der Waals surface area contributed by atoms with Gasteiger partial charge in [0.2, 0.25) is 0 Å². The van der Waals surface area contributed by atoms with Gasteiger partial charge in [-0.3, -0.25) is 0 Å². The zero-order valence-corrected chi connectivity index (χ0v) is 8.79. The van der Waals surface area contributed by atoms with Crippen molar-refractivity contribution < 1.29 is 0 Å². The van der Waals surface area contributed by atoms with Crippen LogP contribution in [0.3, 0.4) is 0 Å². The second-order valence-electron chi connectivity index (χ2n) is 3.35. The molecule has 0 unspecified atom stereocenters. The minimum absolute atomic E-state index is 1.03. The second-order valence-corrected chi connectivity index (χ2v) is 4.18. The molecule has 3 aromatic rings. The van der Waals surface area contributed by atoms with E-state index in [1.165, 1.54) is 15.8 Å². The summed E-state index contributed by atoms with van der Waals surface area (Å²) in [5, 5.41) is 0. The van der Waals surface area contributed by atoms with E-state index in [0.717, 1.165) is 5.52 Å². The number of thiazole rings is 1. The fourth-order valence-electron chi connectivity index (χ4n) is 1.62. The maximum atomic E-state index is 4.20. The molecule has 3 rings (SSSR count). The topological polar surface area (TPSA) is 12.9 Å². The number of rotatable bonds is 1. The highest BCUT2D eigenvalue weighted by molar-refractivity contribution is 7.16. The lowest BCUT2D eigenvalue weighted by Crippen LogP contribution is -1.76. The molecule has 0 aliphatic heterocycles. The fraction of sp³-hybridized carbons (Fsp3) is 0. The summed E-state index contributed by atoms with van der Waals surface area (Å²) in [6.07, 6.45) is 0. The Kier molecular flexibility index (Phi) is 2.00. The van der Waals surface area contributed by atoms with Crippen LogP contribution in [0.4, 0.5) is 0 Å². The molecular formula is C13H8NS. The molecule has 0 N–H and O–H groups in total. The Labute approximate surface area is 92.0 Å². The summed E-state index contributed by atoms with van der Waals surface area (Å²) in [7, 11) is 0. The minimum Gasteiger partial charge on any atom is -0.233 e. The van der Waals surface area contributed by atoms with E-state index in [0.29, 0.717) is 0 Å². The first-order valence-corrected chi connectivity index (χ1v) is 5.57. The molecule has 0 aliphatic carbocycles. The lowest BCUT2D eigenvalue weighted by Gasteiger charge is -2.00. The van der Waals surface area contributed by atoms with Crippen molar-refractivity contribution in [2.45, 2.75) is 0 Å². The normalized spacial score (nSPS) is 10.7. The Hall–Kier alpha value is -1.67. The number of hydrogen-bond acceptors (Lipinski definition) is 2. The molecular weight excluding hydrogens is 202 g/mol. The Morgan fingerprint density at radius 3 is 2.67 bits per heavy atom. The van der Waals surface area contributed by atoms with E-state index in [4.69, 9.17) is 0 Å². The second kappa shape index (κ2) is 3.48.